The van der Waals surface area contributed by atoms with Gasteiger partial charge in [-0.05, 0) is 62.6 Å². The zero-order valence-electron chi connectivity index (χ0n) is 9.79. The molecule has 0 amide bonds. The highest BCUT2D eigenvalue weighted by Crippen LogP contribution is 2.44. The van der Waals surface area contributed by atoms with Gasteiger partial charge in [0, 0.05) is 0 Å². The molecule has 1 aromatic carbocycles. The molecule has 0 heterocycles. The molecule has 0 aliphatic heterocycles. The zero-order chi connectivity index (χ0) is 10.8. The van der Waals surface area contributed by atoms with Crippen LogP contribution in [0.2, 0.25) is 0 Å². The van der Waals surface area contributed by atoms with Crippen LogP contribution in [0, 0.1) is 19.8 Å². The van der Waals surface area contributed by atoms with Crippen molar-refractivity contribution >= 4 is 0 Å². The molecule has 0 bridgehead atoms. The molecule has 2 rings (SSSR count). The highest BCUT2D eigenvalue weighted by molar-refractivity contribution is 5.34. The molecule has 0 spiro atoms. The number of rotatable bonds is 3. The number of hydrogen-bond donors (Lipinski definition) is 1. The van der Waals surface area contributed by atoms with E-state index in [9.17, 15) is 0 Å². The lowest BCUT2D eigenvalue weighted by Gasteiger charge is -2.36. The summed E-state index contributed by atoms with van der Waals surface area (Å²) in [5, 5.41) is 0. The standard InChI is InChI=1S/C14H21N/c1-10-3-4-14(11(2)7-10)13-8-12(9-13)5-6-15/h3-4,7,12-13H,5-6,8-9,15H2,1-2H3. The molecule has 0 unspecified atom stereocenters. The summed E-state index contributed by atoms with van der Waals surface area (Å²) in [5.74, 6) is 1.70. The SMILES string of the molecule is Cc1ccc(C2CC(CCN)C2)c(C)c1. The molecule has 0 radical (unpaired) electrons. The van der Waals surface area contributed by atoms with Crippen LogP contribution in [-0.2, 0) is 0 Å². The van der Waals surface area contributed by atoms with Crippen molar-refractivity contribution in [3.05, 3.63) is 34.9 Å². The molecule has 15 heavy (non-hydrogen) atoms. The van der Waals surface area contributed by atoms with Crippen molar-refractivity contribution in [2.75, 3.05) is 6.54 Å². The Kier molecular flexibility index (Phi) is 3.11. The quantitative estimate of drug-likeness (QED) is 0.802. The lowest BCUT2D eigenvalue weighted by atomic mass is 9.69. The van der Waals surface area contributed by atoms with Gasteiger partial charge in [0.15, 0.2) is 0 Å². The van der Waals surface area contributed by atoms with Crippen LogP contribution in [0.25, 0.3) is 0 Å². The summed E-state index contributed by atoms with van der Waals surface area (Å²) in [6.07, 6.45) is 3.91. The molecule has 0 atom stereocenters. The van der Waals surface area contributed by atoms with E-state index in [2.05, 4.69) is 32.0 Å². The van der Waals surface area contributed by atoms with Crippen molar-refractivity contribution in [2.45, 2.75) is 39.0 Å². The normalized spacial score (nSPS) is 25.0. The minimum Gasteiger partial charge on any atom is -0.330 e. The van der Waals surface area contributed by atoms with E-state index in [1.807, 2.05) is 0 Å². The Bertz CT molecular complexity index is 337. The first-order valence-corrected chi connectivity index (χ1v) is 5.98. The largest absolute Gasteiger partial charge is 0.330 e. The van der Waals surface area contributed by atoms with Crippen LogP contribution < -0.4 is 5.73 Å². The van der Waals surface area contributed by atoms with E-state index in [-0.39, 0.29) is 0 Å². The first-order chi connectivity index (χ1) is 7.20. The molecular formula is C14H21N. The molecular weight excluding hydrogens is 182 g/mol. The third kappa shape index (κ3) is 2.23. The van der Waals surface area contributed by atoms with Crippen molar-refractivity contribution in [1.29, 1.82) is 0 Å². The summed E-state index contributed by atoms with van der Waals surface area (Å²) in [4.78, 5) is 0. The molecule has 0 saturated heterocycles. The van der Waals surface area contributed by atoms with Crippen LogP contribution in [0.4, 0.5) is 0 Å². The lowest BCUT2D eigenvalue weighted by Crippen LogP contribution is -2.24. The van der Waals surface area contributed by atoms with Gasteiger partial charge in [-0.15, -0.1) is 0 Å². The summed E-state index contributed by atoms with van der Waals surface area (Å²) < 4.78 is 0. The van der Waals surface area contributed by atoms with E-state index < -0.39 is 0 Å². The van der Waals surface area contributed by atoms with E-state index in [1.54, 1.807) is 5.56 Å². The second-order valence-electron chi connectivity index (χ2n) is 4.97. The Morgan fingerprint density at radius 2 is 2.00 bits per heavy atom. The van der Waals surface area contributed by atoms with Gasteiger partial charge in [-0.3, -0.25) is 0 Å². The first-order valence-electron chi connectivity index (χ1n) is 5.98. The fraction of sp³-hybridized carbons (Fsp3) is 0.571. The van der Waals surface area contributed by atoms with E-state index in [0.717, 1.165) is 18.4 Å². The van der Waals surface area contributed by atoms with Crippen molar-refractivity contribution in [3.8, 4) is 0 Å². The van der Waals surface area contributed by atoms with Crippen molar-refractivity contribution < 1.29 is 0 Å². The van der Waals surface area contributed by atoms with Crippen molar-refractivity contribution in [3.63, 3.8) is 0 Å². The number of benzene rings is 1. The zero-order valence-corrected chi connectivity index (χ0v) is 9.79. The molecule has 2 N–H and O–H groups in total. The molecule has 0 aromatic heterocycles. The lowest BCUT2D eigenvalue weighted by molar-refractivity contribution is 0.251. The molecule has 1 heteroatoms. The van der Waals surface area contributed by atoms with Gasteiger partial charge in [0.2, 0.25) is 0 Å². The average molecular weight is 203 g/mol. The van der Waals surface area contributed by atoms with Gasteiger partial charge in [0.1, 0.15) is 0 Å². The summed E-state index contributed by atoms with van der Waals surface area (Å²) in [6.45, 7) is 5.25. The summed E-state index contributed by atoms with van der Waals surface area (Å²) in [5.41, 5.74) is 9.97. The van der Waals surface area contributed by atoms with Crippen LogP contribution in [0.5, 0.6) is 0 Å². The monoisotopic (exact) mass is 203 g/mol. The maximum absolute atomic E-state index is 5.57. The fourth-order valence-corrected chi connectivity index (χ4v) is 2.74. The fourth-order valence-electron chi connectivity index (χ4n) is 2.74. The number of nitrogens with two attached hydrogens (primary N) is 1. The van der Waals surface area contributed by atoms with Crippen LogP contribution in [0.3, 0.4) is 0 Å². The molecule has 1 nitrogen and oxygen atoms in total. The molecule has 82 valence electrons. The second-order valence-corrected chi connectivity index (χ2v) is 4.97. The van der Waals surface area contributed by atoms with Crippen molar-refractivity contribution in [1.82, 2.24) is 0 Å². The van der Waals surface area contributed by atoms with Crippen LogP contribution >= 0.6 is 0 Å². The van der Waals surface area contributed by atoms with Gasteiger partial charge >= 0.3 is 0 Å². The summed E-state index contributed by atoms with van der Waals surface area (Å²) in [7, 11) is 0. The van der Waals surface area contributed by atoms with Gasteiger partial charge in [0.05, 0.1) is 0 Å². The Labute approximate surface area is 92.7 Å². The second kappa shape index (κ2) is 4.36. The Morgan fingerprint density at radius 3 is 2.60 bits per heavy atom. The maximum Gasteiger partial charge on any atom is -0.00746 e. The van der Waals surface area contributed by atoms with E-state index in [4.69, 9.17) is 5.73 Å². The highest BCUT2D eigenvalue weighted by atomic mass is 14.5. The molecule has 1 fully saturated rings. The molecule has 1 aromatic rings. The third-order valence-corrected chi connectivity index (χ3v) is 3.68. The van der Waals surface area contributed by atoms with E-state index in [0.29, 0.717) is 0 Å². The Hall–Kier alpha value is -0.820. The topological polar surface area (TPSA) is 26.0 Å². The van der Waals surface area contributed by atoms with Gasteiger partial charge in [0.25, 0.3) is 0 Å². The van der Waals surface area contributed by atoms with Gasteiger partial charge in [-0.2, -0.15) is 0 Å². The van der Waals surface area contributed by atoms with Gasteiger partial charge in [-0.25, -0.2) is 0 Å². The maximum atomic E-state index is 5.57. The Balaban J connectivity index is 2.01. The number of aryl methyl sites for hydroxylation is 2. The summed E-state index contributed by atoms with van der Waals surface area (Å²) >= 11 is 0. The summed E-state index contributed by atoms with van der Waals surface area (Å²) in [6, 6.07) is 6.85. The third-order valence-electron chi connectivity index (χ3n) is 3.68. The van der Waals surface area contributed by atoms with E-state index >= 15 is 0 Å². The predicted molar refractivity (Wildman–Crippen MR) is 65.1 cm³/mol. The van der Waals surface area contributed by atoms with Crippen molar-refractivity contribution in [2.24, 2.45) is 11.7 Å². The average Bonchev–Trinajstić information content (AvgIpc) is 2.12. The van der Waals surface area contributed by atoms with Crippen LogP contribution in [-0.4, -0.2) is 6.54 Å². The predicted octanol–water partition coefficient (Wildman–Crippen LogP) is 3.15. The van der Waals surface area contributed by atoms with E-state index in [1.165, 1.54) is 30.4 Å². The minimum atomic E-state index is 0.808. The highest BCUT2D eigenvalue weighted by Gasteiger charge is 2.30. The van der Waals surface area contributed by atoms with Crippen LogP contribution in [0.15, 0.2) is 18.2 Å². The van der Waals surface area contributed by atoms with Crippen LogP contribution in [0.1, 0.15) is 41.9 Å². The first kappa shape index (κ1) is 10.7. The van der Waals surface area contributed by atoms with Gasteiger partial charge in [-0.1, -0.05) is 23.8 Å². The Morgan fingerprint density at radius 1 is 1.27 bits per heavy atom. The smallest absolute Gasteiger partial charge is 0.00746 e. The molecule has 1 saturated carbocycles. The molecule has 1 aliphatic carbocycles. The molecule has 1 aliphatic rings. The number of hydrogen-bond acceptors (Lipinski definition) is 1. The minimum absolute atomic E-state index is 0.808. The van der Waals surface area contributed by atoms with Gasteiger partial charge < -0.3 is 5.73 Å².